The van der Waals surface area contributed by atoms with E-state index in [0.29, 0.717) is 40.9 Å². The van der Waals surface area contributed by atoms with Gasteiger partial charge in [0, 0.05) is 36.4 Å². The first kappa shape index (κ1) is 30.4. The van der Waals surface area contributed by atoms with Crippen LogP contribution in [0.15, 0.2) is 73.1 Å². The number of primary amides is 1. The third-order valence-corrected chi connectivity index (χ3v) is 7.67. The number of nitrogens with one attached hydrogen (secondary N) is 1. The van der Waals surface area contributed by atoms with E-state index in [0.717, 1.165) is 28.1 Å². The summed E-state index contributed by atoms with van der Waals surface area (Å²) in [6.45, 7) is 0.249. The maximum Gasteiger partial charge on any atom is 0.240 e. The first-order chi connectivity index (χ1) is 19.9. The topological polar surface area (TPSA) is 112 Å². The van der Waals surface area contributed by atoms with E-state index in [4.69, 9.17) is 38.8 Å². The second kappa shape index (κ2) is 14.9. The third kappa shape index (κ3) is 8.25. The number of amides is 2. The number of halogens is 2. The van der Waals surface area contributed by atoms with Gasteiger partial charge in [-0.15, -0.1) is 0 Å². The van der Waals surface area contributed by atoms with E-state index in [-0.39, 0.29) is 18.9 Å². The molecule has 0 unspecified atom stereocenters. The predicted octanol–water partition coefficient (Wildman–Crippen LogP) is 5.52. The number of benzene rings is 2. The molecule has 2 aromatic heterocycles. The molecule has 0 spiro atoms. The van der Waals surface area contributed by atoms with E-state index in [1.807, 2.05) is 54.8 Å². The molecule has 0 aliphatic heterocycles. The number of pyridine rings is 1. The second-order valence-corrected chi connectivity index (χ2v) is 11.1. The van der Waals surface area contributed by atoms with Crippen LogP contribution >= 0.6 is 35.0 Å². The standard InChI is InChI=1S/C30H31Cl2N5O3S/c1-41-16-13-23-28(21-9-5-14-34-19-21)36-37(22-11-12-24(31)25(32)18-22)30(23)40-15-6-10-27(38)35-26(29(33)39)17-20-7-3-2-4-8-20/h2-5,7-9,11-12,14,18-19,26H,6,10,13,15-17H2,1H3,(H2,33,39)(H,35,38)/t26-/m1/s1. The van der Waals surface area contributed by atoms with Crippen LogP contribution < -0.4 is 15.8 Å². The highest BCUT2D eigenvalue weighted by atomic mass is 35.5. The lowest BCUT2D eigenvalue weighted by Gasteiger charge is -2.16. The molecular formula is C30H31Cl2N5O3S. The van der Waals surface area contributed by atoms with Crippen molar-refractivity contribution >= 4 is 46.8 Å². The summed E-state index contributed by atoms with van der Waals surface area (Å²) in [5.41, 5.74) is 9.71. The van der Waals surface area contributed by atoms with Gasteiger partial charge in [-0.1, -0.05) is 53.5 Å². The maximum atomic E-state index is 12.7. The Bertz CT molecular complexity index is 1470. The van der Waals surface area contributed by atoms with Gasteiger partial charge in [-0.2, -0.15) is 16.9 Å². The number of hydrogen-bond donors (Lipinski definition) is 2. The van der Waals surface area contributed by atoms with Gasteiger partial charge in [0.15, 0.2) is 0 Å². The van der Waals surface area contributed by atoms with E-state index in [1.165, 1.54) is 0 Å². The molecule has 4 aromatic rings. The van der Waals surface area contributed by atoms with Crippen LogP contribution in [-0.2, 0) is 22.4 Å². The number of carbonyl (C=O) groups is 2. The normalized spacial score (nSPS) is 11.7. The summed E-state index contributed by atoms with van der Waals surface area (Å²) in [4.78, 5) is 28.9. The first-order valence-corrected chi connectivity index (χ1v) is 15.2. The Hall–Kier alpha value is -3.53. The molecule has 0 saturated carbocycles. The minimum Gasteiger partial charge on any atom is -0.477 e. The Morgan fingerprint density at radius 1 is 1.10 bits per heavy atom. The summed E-state index contributed by atoms with van der Waals surface area (Å²) < 4.78 is 8.03. The van der Waals surface area contributed by atoms with Crippen molar-refractivity contribution < 1.29 is 14.3 Å². The van der Waals surface area contributed by atoms with E-state index in [1.54, 1.807) is 41.0 Å². The van der Waals surface area contributed by atoms with E-state index >= 15 is 0 Å². The van der Waals surface area contributed by atoms with Crippen molar-refractivity contribution in [1.82, 2.24) is 20.1 Å². The predicted molar refractivity (Wildman–Crippen MR) is 165 cm³/mol. The molecule has 8 nitrogen and oxygen atoms in total. The molecule has 1 atom stereocenters. The maximum absolute atomic E-state index is 12.7. The highest BCUT2D eigenvalue weighted by molar-refractivity contribution is 7.98. The zero-order valence-electron chi connectivity index (χ0n) is 22.6. The molecule has 2 amide bonds. The minimum atomic E-state index is -0.790. The Kier molecular flexibility index (Phi) is 11.1. The van der Waals surface area contributed by atoms with Crippen LogP contribution in [0, 0.1) is 0 Å². The summed E-state index contributed by atoms with van der Waals surface area (Å²) in [6, 6.07) is 17.7. The van der Waals surface area contributed by atoms with Gasteiger partial charge in [0.25, 0.3) is 0 Å². The second-order valence-electron chi connectivity index (χ2n) is 9.29. The van der Waals surface area contributed by atoms with Crippen LogP contribution in [0.4, 0.5) is 0 Å². The summed E-state index contributed by atoms with van der Waals surface area (Å²) >= 11 is 14.2. The molecule has 0 bridgehead atoms. The van der Waals surface area contributed by atoms with E-state index in [2.05, 4.69) is 10.3 Å². The lowest BCUT2D eigenvalue weighted by Crippen LogP contribution is -2.45. The highest BCUT2D eigenvalue weighted by Crippen LogP contribution is 2.35. The number of ether oxygens (including phenoxy) is 1. The zero-order valence-corrected chi connectivity index (χ0v) is 24.9. The van der Waals surface area contributed by atoms with Crippen LogP contribution in [0.1, 0.15) is 24.0 Å². The van der Waals surface area contributed by atoms with Gasteiger partial charge in [0.1, 0.15) is 11.7 Å². The van der Waals surface area contributed by atoms with E-state index in [9.17, 15) is 9.59 Å². The molecule has 4 rings (SSSR count). The summed E-state index contributed by atoms with van der Waals surface area (Å²) in [5.74, 6) is 0.570. The number of carbonyl (C=O) groups excluding carboxylic acids is 2. The number of nitrogens with two attached hydrogens (primary N) is 1. The van der Waals surface area contributed by atoms with Gasteiger partial charge in [-0.25, -0.2) is 4.68 Å². The summed E-state index contributed by atoms with van der Waals surface area (Å²) in [5, 5.41) is 8.49. The smallest absolute Gasteiger partial charge is 0.240 e. The summed E-state index contributed by atoms with van der Waals surface area (Å²) in [6.07, 6.45) is 7.15. The highest BCUT2D eigenvalue weighted by Gasteiger charge is 2.23. The van der Waals surface area contributed by atoms with E-state index < -0.39 is 11.9 Å². The molecule has 0 saturated heterocycles. The van der Waals surface area contributed by atoms with Crippen molar-refractivity contribution in [1.29, 1.82) is 0 Å². The fourth-order valence-corrected chi connectivity index (χ4v) is 4.98. The average Bonchev–Trinajstić information content (AvgIpc) is 3.34. The fourth-order valence-electron chi connectivity index (χ4n) is 4.28. The fraction of sp³-hybridized carbons (Fsp3) is 0.267. The van der Waals surface area contributed by atoms with Crippen LogP contribution in [0.3, 0.4) is 0 Å². The molecule has 0 radical (unpaired) electrons. The number of thioether (sulfide) groups is 1. The third-order valence-electron chi connectivity index (χ3n) is 6.32. The molecule has 2 aromatic carbocycles. The van der Waals surface area contributed by atoms with Crippen molar-refractivity contribution in [2.75, 3.05) is 18.6 Å². The van der Waals surface area contributed by atoms with Crippen molar-refractivity contribution in [3.05, 3.63) is 94.2 Å². The monoisotopic (exact) mass is 611 g/mol. The van der Waals surface area contributed by atoms with Gasteiger partial charge < -0.3 is 15.8 Å². The molecule has 0 aliphatic rings. The summed E-state index contributed by atoms with van der Waals surface area (Å²) in [7, 11) is 0. The molecule has 0 fully saturated rings. The molecular weight excluding hydrogens is 581 g/mol. The van der Waals surface area contributed by atoms with Gasteiger partial charge in [-0.3, -0.25) is 14.6 Å². The Labute approximate surface area is 253 Å². The molecule has 2 heterocycles. The molecule has 0 aliphatic carbocycles. The number of rotatable bonds is 14. The van der Waals surface area contributed by atoms with Crippen molar-refractivity contribution in [3.63, 3.8) is 0 Å². The average molecular weight is 613 g/mol. The lowest BCUT2D eigenvalue weighted by molar-refractivity contribution is -0.127. The minimum absolute atomic E-state index is 0.162. The Morgan fingerprint density at radius 3 is 2.59 bits per heavy atom. The van der Waals surface area contributed by atoms with Crippen molar-refractivity contribution in [2.45, 2.75) is 31.7 Å². The SMILES string of the molecule is CSCCc1c(-c2cccnc2)nn(-c2ccc(Cl)c(Cl)c2)c1OCCCC(=O)N[C@H](Cc1ccccc1)C(N)=O. The van der Waals surface area contributed by atoms with Crippen LogP contribution in [-0.4, -0.2) is 51.2 Å². The molecule has 11 heteroatoms. The number of hydrogen-bond acceptors (Lipinski definition) is 6. The van der Waals surface area contributed by atoms with Gasteiger partial charge in [0.2, 0.25) is 17.7 Å². The Balaban J connectivity index is 1.51. The number of aromatic nitrogens is 3. The van der Waals surface area contributed by atoms with Gasteiger partial charge >= 0.3 is 0 Å². The Morgan fingerprint density at radius 2 is 1.90 bits per heavy atom. The molecule has 41 heavy (non-hydrogen) atoms. The zero-order chi connectivity index (χ0) is 29.2. The molecule has 3 N–H and O–H groups in total. The first-order valence-electron chi connectivity index (χ1n) is 13.1. The largest absolute Gasteiger partial charge is 0.477 e. The van der Waals surface area contributed by atoms with Crippen molar-refractivity contribution in [2.24, 2.45) is 5.73 Å². The lowest BCUT2D eigenvalue weighted by atomic mass is 10.1. The van der Waals surface area contributed by atoms with Crippen LogP contribution in [0.2, 0.25) is 10.0 Å². The molecule has 214 valence electrons. The number of nitrogens with zero attached hydrogens (tertiary/aromatic N) is 3. The van der Waals surface area contributed by atoms with Gasteiger partial charge in [0.05, 0.1) is 22.3 Å². The quantitative estimate of drug-likeness (QED) is 0.182. The van der Waals surface area contributed by atoms with Crippen molar-refractivity contribution in [3.8, 4) is 22.8 Å². The van der Waals surface area contributed by atoms with Crippen LogP contribution in [0.5, 0.6) is 5.88 Å². The van der Waals surface area contributed by atoms with Crippen LogP contribution in [0.25, 0.3) is 16.9 Å². The van der Waals surface area contributed by atoms with Gasteiger partial charge in [-0.05, 0) is 60.7 Å².